The van der Waals surface area contributed by atoms with Crippen LogP contribution >= 0.6 is 0 Å². The second kappa shape index (κ2) is 5.86. The van der Waals surface area contributed by atoms with Gasteiger partial charge in [0.25, 0.3) is 5.91 Å². The molecule has 2 rings (SSSR count). The van der Waals surface area contributed by atoms with Gasteiger partial charge in [-0.05, 0) is 25.7 Å². The predicted molar refractivity (Wildman–Crippen MR) is 68.8 cm³/mol. The van der Waals surface area contributed by atoms with Crippen LogP contribution in [0.2, 0.25) is 0 Å². The highest BCUT2D eigenvalue weighted by molar-refractivity contribution is 5.94. The van der Waals surface area contributed by atoms with Crippen molar-refractivity contribution < 1.29 is 14.7 Å². The summed E-state index contributed by atoms with van der Waals surface area (Å²) in [6.07, 6.45) is 6.83. The molecule has 1 aliphatic heterocycles. The van der Waals surface area contributed by atoms with Crippen molar-refractivity contribution in [2.75, 3.05) is 6.54 Å². The molecular formula is C13H19N3O3. The van der Waals surface area contributed by atoms with Crippen LogP contribution in [0.4, 0.5) is 0 Å². The van der Waals surface area contributed by atoms with Gasteiger partial charge >= 0.3 is 5.97 Å². The molecule has 0 unspecified atom stereocenters. The summed E-state index contributed by atoms with van der Waals surface area (Å²) < 4.78 is 1.60. The number of hydrogen-bond donors (Lipinski definition) is 1. The van der Waals surface area contributed by atoms with Crippen molar-refractivity contribution in [3.8, 4) is 0 Å². The van der Waals surface area contributed by atoms with E-state index in [9.17, 15) is 9.59 Å². The summed E-state index contributed by atoms with van der Waals surface area (Å²) in [4.78, 5) is 24.9. The van der Waals surface area contributed by atoms with E-state index < -0.39 is 5.97 Å². The lowest BCUT2D eigenvalue weighted by atomic mass is 9.97. The van der Waals surface area contributed by atoms with E-state index >= 15 is 0 Å². The Hall–Kier alpha value is -1.85. The summed E-state index contributed by atoms with van der Waals surface area (Å²) in [7, 11) is 1.77. The monoisotopic (exact) mass is 265 g/mol. The third kappa shape index (κ3) is 3.33. The van der Waals surface area contributed by atoms with E-state index in [1.165, 1.54) is 0 Å². The molecule has 19 heavy (non-hydrogen) atoms. The van der Waals surface area contributed by atoms with E-state index in [1.54, 1.807) is 24.1 Å². The topological polar surface area (TPSA) is 75.4 Å². The number of nitrogens with zero attached hydrogens (tertiary/aromatic N) is 3. The van der Waals surface area contributed by atoms with Crippen molar-refractivity contribution in [2.45, 2.75) is 38.1 Å². The van der Waals surface area contributed by atoms with Gasteiger partial charge in [-0.25, -0.2) is 0 Å². The fraction of sp³-hybridized carbons (Fsp3) is 0.615. The fourth-order valence-corrected chi connectivity index (χ4v) is 2.56. The summed E-state index contributed by atoms with van der Waals surface area (Å²) in [6.45, 7) is 0.706. The molecular weight excluding hydrogens is 246 g/mol. The highest BCUT2D eigenvalue weighted by atomic mass is 16.4. The van der Waals surface area contributed by atoms with Crippen molar-refractivity contribution >= 4 is 11.9 Å². The van der Waals surface area contributed by atoms with Gasteiger partial charge < -0.3 is 10.0 Å². The van der Waals surface area contributed by atoms with Crippen LogP contribution < -0.4 is 0 Å². The van der Waals surface area contributed by atoms with Gasteiger partial charge in [-0.3, -0.25) is 14.3 Å². The Labute approximate surface area is 112 Å². The number of amides is 1. The van der Waals surface area contributed by atoms with E-state index in [4.69, 9.17) is 5.11 Å². The predicted octanol–water partition coefficient (Wildman–Crippen LogP) is 1.28. The number of hydrogen-bond acceptors (Lipinski definition) is 3. The highest BCUT2D eigenvalue weighted by Gasteiger charge is 2.28. The van der Waals surface area contributed by atoms with Crippen molar-refractivity contribution in [3.05, 3.63) is 18.0 Å². The smallest absolute Gasteiger partial charge is 0.303 e. The zero-order valence-corrected chi connectivity index (χ0v) is 11.1. The largest absolute Gasteiger partial charge is 0.481 e. The van der Waals surface area contributed by atoms with Gasteiger partial charge in [-0.2, -0.15) is 5.10 Å². The average Bonchev–Trinajstić information content (AvgIpc) is 2.82. The van der Waals surface area contributed by atoms with Gasteiger partial charge in [-0.15, -0.1) is 0 Å². The first kappa shape index (κ1) is 13.6. The summed E-state index contributed by atoms with van der Waals surface area (Å²) >= 11 is 0. The fourth-order valence-electron chi connectivity index (χ4n) is 2.56. The third-order valence-corrected chi connectivity index (χ3v) is 3.53. The summed E-state index contributed by atoms with van der Waals surface area (Å²) in [5.74, 6) is -0.845. The van der Waals surface area contributed by atoms with Crippen LogP contribution in [-0.2, 0) is 11.8 Å². The molecule has 0 aromatic carbocycles. The van der Waals surface area contributed by atoms with Crippen molar-refractivity contribution in [3.63, 3.8) is 0 Å². The lowest BCUT2D eigenvalue weighted by Gasteiger charge is -2.35. The Morgan fingerprint density at radius 3 is 2.89 bits per heavy atom. The van der Waals surface area contributed by atoms with E-state index in [2.05, 4.69) is 5.10 Å². The molecule has 104 valence electrons. The Balaban J connectivity index is 2.06. The first-order valence-electron chi connectivity index (χ1n) is 6.59. The number of aryl methyl sites for hydroxylation is 1. The first-order chi connectivity index (χ1) is 9.08. The zero-order chi connectivity index (χ0) is 13.8. The van der Waals surface area contributed by atoms with E-state index in [-0.39, 0.29) is 18.4 Å². The van der Waals surface area contributed by atoms with Crippen LogP contribution in [0.15, 0.2) is 12.4 Å². The number of carbonyl (C=O) groups is 2. The molecule has 1 aromatic rings. The molecule has 1 aromatic heterocycles. The number of likely N-dealkylation sites (tertiary alicyclic amines) is 1. The first-order valence-corrected chi connectivity index (χ1v) is 6.59. The van der Waals surface area contributed by atoms with Crippen molar-refractivity contribution in [2.24, 2.45) is 7.05 Å². The molecule has 1 fully saturated rings. The molecule has 1 atom stereocenters. The summed E-state index contributed by atoms with van der Waals surface area (Å²) in [5, 5.41) is 12.8. The third-order valence-electron chi connectivity index (χ3n) is 3.53. The van der Waals surface area contributed by atoms with E-state index in [0.29, 0.717) is 18.5 Å². The van der Waals surface area contributed by atoms with Crippen LogP contribution in [0, 0.1) is 0 Å². The van der Waals surface area contributed by atoms with Gasteiger partial charge in [0.1, 0.15) is 0 Å². The van der Waals surface area contributed by atoms with Crippen LogP contribution in [0.1, 0.15) is 42.5 Å². The Morgan fingerprint density at radius 2 is 2.26 bits per heavy atom. The minimum Gasteiger partial charge on any atom is -0.481 e. The molecule has 6 heteroatoms. The minimum absolute atomic E-state index is 0.0387. The SMILES string of the molecule is Cn1cc(C(=O)N2CCCC[C@@H]2CCC(=O)O)cn1. The normalized spacial score (nSPS) is 19.4. The number of aliphatic carboxylic acids is 1. The van der Waals surface area contributed by atoms with Crippen molar-refractivity contribution in [1.29, 1.82) is 0 Å². The van der Waals surface area contributed by atoms with E-state index in [0.717, 1.165) is 19.3 Å². The second-order valence-electron chi connectivity index (χ2n) is 4.98. The van der Waals surface area contributed by atoms with Crippen LogP contribution in [0.3, 0.4) is 0 Å². The molecule has 0 saturated carbocycles. The van der Waals surface area contributed by atoms with Gasteiger partial charge in [-0.1, -0.05) is 0 Å². The Bertz CT molecular complexity index is 469. The van der Waals surface area contributed by atoms with Gasteiger partial charge in [0, 0.05) is 32.3 Å². The molecule has 1 amide bonds. The molecule has 0 radical (unpaired) electrons. The van der Waals surface area contributed by atoms with Crippen LogP contribution in [0.25, 0.3) is 0 Å². The Morgan fingerprint density at radius 1 is 1.47 bits per heavy atom. The maximum absolute atomic E-state index is 12.4. The minimum atomic E-state index is -0.806. The average molecular weight is 265 g/mol. The number of carboxylic acids is 1. The maximum Gasteiger partial charge on any atom is 0.303 e. The number of carboxylic acid groups (broad SMARTS) is 1. The number of carbonyl (C=O) groups excluding carboxylic acids is 1. The summed E-state index contributed by atoms with van der Waals surface area (Å²) in [6, 6.07) is 0.0394. The molecule has 1 saturated heterocycles. The lowest BCUT2D eigenvalue weighted by molar-refractivity contribution is -0.137. The number of rotatable bonds is 4. The lowest BCUT2D eigenvalue weighted by Crippen LogP contribution is -2.43. The van der Waals surface area contributed by atoms with Gasteiger partial charge in [0.15, 0.2) is 0 Å². The Kier molecular flexibility index (Phi) is 4.19. The molecule has 0 bridgehead atoms. The molecule has 1 N–H and O–H groups in total. The standard InChI is InChI=1S/C13H19N3O3/c1-15-9-10(8-14-15)13(19)16-7-3-2-4-11(16)5-6-12(17)18/h8-9,11H,2-7H2,1H3,(H,17,18)/t11-/m1/s1. The quantitative estimate of drug-likeness (QED) is 0.889. The molecule has 2 heterocycles. The zero-order valence-electron chi connectivity index (χ0n) is 11.1. The number of piperidine rings is 1. The van der Waals surface area contributed by atoms with E-state index in [1.807, 2.05) is 4.90 Å². The molecule has 6 nitrogen and oxygen atoms in total. The van der Waals surface area contributed by atoms with Crippen LogP contribution in [-0.4, -0.2) is 44.3 Å². The summed E-state index contributed by atoms with van der Waals surface area (Å²) in [5.41, 5.74) is 0.574. The maximum atomic E-state index is 12.4. The molecule has 0 aliphatic carbocycles. The molecule has 1 aliphatic rings. The highest BCUT2D eigenvalue weighted by Crippen LogP contribution is 2.22. The second-order valence-corrected chi connectivity index (χ2v) is 4.98. The van der Waals surface area contributed by atoms with Gasteiger partial charge in [0.2, 0.25) is 0 Å². The molecule has 0 spiro atoms. The van der Waals surface area contributed by atoms with Gasteiger partial charge in [0.05, 0.1) is 11.8 Å². The number of aromatic nitrogens is 2. The van der Waals surface area contributed by atoms with Crippen LogP contribution in [0.5, 0.6) is 0 Å². The van der Waals surface area contributed by atoms with Crippen molar-refractivity contribution in [1.82, 2.24) is 14.7 Å².